The molecule has 0 radical (unpaired) electrons. The first kappa shape index (κ1) is 15.8. The van der Waals surface area contributed by atoms with E-state index in [-0.39, 0.29) is 0 Å². The van der Waals surface area contributed by atoms with Crippen molar-refractivity contribution in [3.05, 3.63) is 29.8 Å². The molecule has 1 unspecified atom stereocenters. The summed E-state index contributed by atoms with van der Waals surface area (Å²) in [6.45, 7) is 4.64. The lowest BCUT2D eigenvalue weighted by Gasteiger charge is -2.27. The van der Waals surface area contributed by atoms with Gasteiger partial charge in [0, 0.05) is 19.7 Å². The van der Waals surface area contributed by atoms with Gasteiger partial charge < -0.3 is 14.4 Å². The highest BCUT2D eigenvalue weighted by atomic mass is 16.5. The van der Waals surface area contributed by atoms with Gasteiger partial charge in [0.05, 0.1) is 24.8 Å². The summed E-state index contributed by atoms with van der Waals surface area (Å²) in [5.41, 5.74) is 0.641. The summed E-state index contributed by atoms with van der Waals surface area (Å²) in [5, 5.41) is 8.84. The molecule has 0 aromatic heterocycles. The van der Waals surface area contributed by atoms with Crippen LogP contribution in [0.2, 0.25) is 0 Å². The monoisotopic (exact) mass is 288 g/mol. The first-order valence-corrected chi connectivity index (χ1v) is 7.67. The number of rotatable bonds is 7. The second-order valence-electron chi connectivity index (χ2n) is 5.69. The predicted molar refractivity (Wildman–Crippen MR) is 82.3 cm³/mol. The zero-order valence-corrected chi connectivity index (χ0v) is 12.8. The summed E-state index contributed by atoms with van der Waals surface area (Å²) in [4.78, 5) is 2.36. The molecule has 0 N–H and O–H groups in total. The third-order valence-electron chi connectivity index (χ3n) is 3.74. The molecule has 1 saturated heterocycles. The fourth-order valence-electron chi connectivity index (χ4n) is 2.66. The Bertz CT molecular complexity index is 464. The average Bonchev–Trinajstić information content (AvgIpc) is 2.53. The maximum atomic E-state index is 8.84. The van der Waals surface area contributed by atoms with E-state index < -0.39 is 0 Å². The molecule has 0 aliphatic carbocycles. The minimum Gasteiger partial charge on any atom is -0.494 e. The van der Waals surface area contributed by atoms with Crippen molar-refractivity contribution in [2.75, 3.05) is 40.0 Å². The molecule has 114 valence electrons. The van der Waals surface area contributed by atoms with Crippen molar-refractivity contribution in [1.82, 2.24) is 4.90 Å². The van der Waals surface area contributed by atoms with E-state index in [1.54, 1.807) is 12.1 Å². The number of ether oxygens (including phenoxy) is 2. The molecule has 1 aromatic carbocycles. The highest BCUT2D eigenvalue weighted by molar-refractivity contribution is 5.36. The highest BCUT2D eigenvalue weighted by Crippen LogP contribution is 2.15. The Labute approximate surface area is 127 Å². The van der Waals surface area contributed by atoms with Crippen molar-refractivity contribution in [2.24, 2.45) is 5.92 Å². The van der Waals surface area contributed by atoms with Gasteiger partial charge in [-0.1, -0.05) is 6.07 Å². The molecule has 0 bridgehead atoms. The summed E-state index contributed by atoms with van der Waals surface area (Å²) in [6.07, 6.45) is 3.46. The maximum absolute atomic E-state index is 8.84. The van der Waals surface area contributed by atoms with E-state index >= 15 is 0 Å². The molecule has 0 saturated carbocycles. The van der Waals surface area contributed by atoms with Gasteiger partial charge in [0.15, 0.2) is 0 Å². The van der Waals surface area contributed by atoms with E-state index in [1.165, 1.54) is 12.8 Å². The molecule has 4 heteroatoms. The minimum atomic E-state index is 0.641. The fourth-order valence-corrected chi connectivity index (χ4v) is 2.66. The van der Waals surface area contributed by atoms with Gasteiger partial charge in [-0.3, -0.25) is 0 Å². The Morgan fingerprint density at radius 1 is 1.48 bits per heavy atom. The molecule has 1 aliphatic rings. The van der Waals surface area contributed by atoms with Crippen molar-refractivity contribution >= 4 is 0 Å². The van der Waals surface area contributed by atoms with Crippen molar-refractivity contribution in [1.29, 1.82) is 5.26 Å². The van der Waals surface area contributed by atoms with E-state index in [2.05, 4.69) is 18.0 Å². The number of hydrogen-bond donors (Lipinski definition) is 0. The van der Waals surface area contributed by atoms with E-state index in [9.17, 15) is 0 Å². The first-order chi connectivity index (χ1) is 10.3. The summed E-state index contributed by atoms with van der Waals surface area (Å²) < 4.78 is 11.2. The van der Waals surface area contributed by atoms with E-state index in [1.807, 2.05) is 12.1 Å². The smallest absolute Gasteiger partial charge is 0.120 e. The van der Waals surface area contributed by atoms with Gasteiger partial charge in [0.1, 0.15) is 5.75 Å². The standard InChI is InChI=1S/C17H24N2O2/c1-19(13-16-6-3-9-20-14-16)8-4-10-21-17-7-2-5-15(11-17)12-18/h2,5,7,11,16H,3-4,6,8-10,13-14H2,1H3. The molecule has 1 fully saturated rings. The zero-order valence-electron chi connectivity index (χ0n) is 12.8. The topological polar surface area (TPSA) is 45.5 Å². The molecule has 1 aliphatic heterocycles. The number of benzene rings is 1. The molecule has 0 spiro atoms. The van der Waals surface area contributed by atoms with Crippen LogP contribution in [0, 0.1) is 17.2 Å². The Balaban J connectivity index is 1.61. The van der Waals surface area contributed by atoms with Crippen LogP contribution in [0.1, 0.15) is 24.8 Å². The molecule has 1 atom stereocenters. The summed E-state index contributed by atoms with van der Waals surface area (Å²) >= 11 is 0. The van der Waals surface area contributed by atoms with E-state index in [4.69, 9.17) is 14.7 Å². The van der Waals surface area contributed by atoms with E-state index in [0.717, 1.165) is 38.5 Å². The summed E-state index contributed by atoms with van der Waals surface area (Å²) in [7, 11) is 2.16. The second kappa shape index (κ2) is 8.66. The summed E-state index contributed by atoms with van der Waals surface area (Å²) in [5.74, 6) is 1.45. The Morgan fingerprint density at radius 2 is 2.38 bits per heavy atom. The van der Waals surface area contributed by atoms with Crippen LogP contribution in [0.5, 0.6) is 5.75 Å². The summed E-state index contributed by atoms with van der Waals surface area (Å²) in [6, 6.07) is 9.43. The lowest BCUT2D eigenvalue weighted by Crippen LogP contribution is -2.32. The van der Waals surface area contributed by atoms with Crippen LogP contribution in [0.15, 0.2) is 24.3 Å². The van der Waals surface area contributed by atoms with Crippen LogP contribution in [-0.2, 0) is 4.74 Å². The van der Waals surface area contributed by atoms with Crippen LogP contribution >= 0.6 is 0 Å². The van der Waals surface area contributed by atoms with Crippen LogP contribution in [0.3, 0.4) is 0 Å². The third kappa shape index (κ3) is 5.74. The van der Waals surface area contributed by atoms with Crippen LogP contribution < -0.4 is 4.74 Å². The number of nitriles is 1. The van der Waals surface area contributed by atoms with Gasteiger partial charge in [-0.2, -0.15) is 5.26 Å². The molecule has 21 heavy (non-hydrogen) atoms. The minimum absolute atomic E-state index is 0.641. The maximum Gasteiger partial charge on any atom is 0.120 e. The molecule has 0 amide bonds. The fraction of sp³-hybridized carbons (Fsp3) is 0.588. The zero-order chi connectivity index (χ0) is 14.9. The van der Waals surface area contributed by atoms with Crippen LogP contribution in [0.25, 0.3) is 0 Å². The van der Waals surface area contributed by atoms with E-state index in [0.29, 0.717) is 18.1 Å². The largest absolute Gasteiger partial charge is 0.494 e. The Hall–Kier alpha value is -1.57. The van der Waals surface area contributed by atoms with Crippen molar-refractivity contribution in [2.45, 2.75) is 19.3 Å². The van der Waals surface area contributed by atoms with Gasteiger partial charge in [-0.15, -0.1) is 0 Å². The van der Waals surface area contributed by atoms with Gasteiger partial charge in [0.25, 0.3) is 0 Å². The van der Waals surface area contributed by atoms with Crippen LogP contribution in [0.4, 0.5) is 0 Å². The van der Waals surface area contributed by atoms with Crippen molar-refractivity contribution < 1.29 is 9.47 Å². The first-order valence-electron chi connectivity index (χ1n) is 7.67. The molecule has 4 nitrogen and oxygen atoms in total. The molecule has 2 rings (SSSR count). The predicted octanol–water partition coefficient (Wildman–Crippen LogP) is 2.69. The van der Waals surface area contributed by atoms with Crippen molar-refractivity contribution in [3.63, 3.8) is 0 Å². The van der Waals surface area contributed by atoms with Gasteiger partial charge in [-0.25, -0.2) is 0 Å². The molecule has 1 heterocycles. The highest BCUT2D eigenvalue weighted by Gasteiger charge is 2.15. The molecular weight excluding hydrogens is 264 g/mol. The quantitative estimate of drug-likeness (QED) is 0.724. The van der Waals surface area contributed by atoms with Gasteiger partial charge >= 0.3 is 0 Å². The van der Waals surface area contributed by atoms with Crippen molar-refractivity contribution in [3.8, 4) is 11.8 Å². The molecular formula is C17H24N2O2. The van der Waals surface area contributed by atoms with Gasteiger partial charge in [0.2, 0.25) is 0 Å². The SMILES string of the molecule is CN(CCCOc1cccc(C#N)c1)CC1CCCOC1. The van der Waals surface area contributed by atoms with Crippen LogP contribution in [-0.4, -0.2) is 44.9 Å². The average molecular weight is 288 g/mol. The number of hydrogen-bond acceptors (Lipinski definition) is 4. The Morgan fingerprint density at radius 3 is 3.14 bits per heavy atom. The van der Waals surface area contributed by atoms with Gasteiger partial charge in [-0.05, 0) is 50.4 Å². The third-order valence-corrected chi connectivity index (χ3v) is 3.74. The molecule has 1 aromatic rings. The lowest BCUT2D eigenvalue weighted by molar-refractivity contribution is 0.0415. The Kier molecular flexibility index (Phi) is 6.52. The normalized spacial score (nSPS) is 18.4. The lowest BCUT2D eigenvalue weighted by atomic mass is 10.0. The number of nitrogens with zero attached hydrogens (tertiary/aromatic N) is 2. The second-order valence-corrected chi connectivity index (χ2v) is 5.69.